The number of methoxy groups -OCH3 is 2. The molecule has 0 saturated carbocycles. The van der Waals surface area contributed by atoms with E-state index >= 15 is 0 Å². The molecule has 1 aromatic carbocycles. The standard InChI is InChI=1S/C19H23N5O6/c1-28-11-3-10(4-12(5-11)29-2)6-20-17-14-18(22-8-21-17)24(9-23-14)19-16(27)15(26)13(7-25)30-19/h3-5,8-9,13,15-16,19,25-27H,6-7H2,1-2H3,(H,20,21,22)/t13-,15-,16+,19-/m1/s1. The Hall–Kier alpha value is -2.99. The molecular weight excluding hydrogens is 394 g/mol. The third-order valence-electron chi connectivity index (χ3n) is 5.02. The lowest BCUT2D eigenvalue weighted by atomic mass is 10.1. The van der Waals surface area contributed by atoms with Crippen LogP contribution in [0.1, 0.15) is 11.8 Å². The van der Waals surface area contributed by atoms with E-state index in [-0.39, 0.29) is 0 Å². The molecule has 4 rings (SSSR count). The molecule has 0 bridgehead atoms. The van der Waals surface area contributed by atoms with Crippen LogP contribution in [0.4, 0.5) is 5.82 Å². The van der Waals surface area contributed by atoms with E-state index in [9.17, 15) is 15.3 Å². The number of anilines is 1. The van der Waals surface area contributed by atoms with Gasteiger partial charge in [0.25, 0.3) is 0 Å². The van der Waals surface area contributed by atoms with Crippen molar-refractivity contribution in [2.45, 2.75) is 31.1 Å². The van der Waals surface area contributed by atoms with E-state index in [4.69, 9.17) is 14.2 Å². The molecule has 11 heteroatoms. The first-order valence-electron chi connectivity index (χ1n) is 9.31. The zero-order valence-corrected chi connectivity index (χ0v) is 16.5. The highest BCUT2D eigenvalue weighted by atomic mass is 16.6. The predicted molar refractivity (Wildman–Crippen MR) is 105 cm³/mol. The molecule has 0 spiro atoms. The number of hydrogen-bond acceptors (Lipinski definition) is 10. The fourth-order valence-electron chi connectivity index (χ4n) is 3.43. The summed E-state index contributed by atoms with van der Waals surface area (Å²) < 4.78 is 17.7. The Morgan fingerprint density at radius 3 is 2.43 bits per heavy atom. The number of aliphatic hydroxyl groups is 3. The summed E-state index contributed by atoms with van der Waals surface area (Å²) in [5, 5.41) is 32.8. The van der Waals surface area contributed by atoms with Crippen molar-refractivity contribution in [1.29, 1.82) is 0 Å². The third-order valence-corrected chi connectivity index (χ3v) is 5.02. The fourth-order valence-corrected chi connectivity index (χ4v) is 3.43. The summed E-state index contributed by atoms with van der Waals surface area (Å²) in [6.07, 6.45) is -1.41. The Morgan fingerprint density at radius 1 is 1.07 bits per heavy atom. The minimum atomic E-state index is -1.23. The van der Waals surface area contributed by atoms with Crippen molar-refractivity contribution in [3.05, 3.63) is 36.4 Å². The number of aromatic nitrogens is 4. The quantitative estimate of drug-likeness (QED) is 0.417. The molecule has 11 nitrogen and oxygen atoms in total. The number of hydrogen-bond donors (Lipinski definition) is 4. The topological polar surface area (TPSA) is 144 Å². The van der Waals surface area contributed by atoms with Gasteiger partial charge in [-0.3, -0.25) is 4.57 Å². The maximum Gasteiger partial charge on any atom is 0.167 e. The van der Waals surface area contributed by atoms with Crippen LogP contribution in [0.15, 0.2) is 30.9 Å². The van der Waals surface area contributed by atoms with Crippen molar-refractivity contribution in [2.75, 3.05) is 26.1 Å². The first kappa shape index (κ1) is 20.3. The Labute approximate surface area is 171 Å². The van der Waals surface area contributed by atoms with Gasteiger partial charge in [0, 0.05) is 12.6 Å². The molecule has 3 aromatic rings. The molecule has 4 atom stereocenters. The predicted octanol–water partition coefficient (Wildman–Crippen LogP) is 0.0671. The van der Waals surface area contributed by atoms with Gasteiger partial charge in [0.1, 0.15) is 36.1 Å². The van der Waals surface area contributed by atoms with Gasteiger partial charge in [-0.2, -0.15) is 0 Å². The third kappa shape index (κ3) is 3.63. The van der Waals surface area contributed by atoms with Crippen LogP contribution in [-0.2, 0) is 11.3 Å². The number of rotatable bonds is 7. The summed E-state index contributed by atoms with van der Waals surface area (Å²) >= 11 is 0. The molecule has 2 aromatic heterocycles. The Morgan fingerprint density at radius 2 is 1.80 bits per heavy atom. The first-order chi connectivity index (χ1) is 14.5. The van der Waals surface area contributed by atoms with Crippen LogP contribution in [0.2, 0.25) is 0 Å². The number of benzene rings is 1. The van der Waals surface area contributed by atoms with Crippen LogP contribution >= 0.6 is 0 Å². The Kier molecular flexibility index (Phi) is 5.68. The molecule has 1 aliphatic rings. The Balaban J connectivity index is 1.59. The zero-order valence-electron chi connectivity index (χ0n) is 16.5. The number of imidazole rings is 1. The van der Waals surface area contributed by atoms with Gasteiger partial charge in [0.2, 0.25) is 0 Å². The highest BCUT2D eigenvalue weighted by Crippen LogP contribution is 2.32. The SMILES string of the molecule is COc1cc(CNc2ncnc3c2ncn3[C@@H]2O[C@H](CO)[C@@H](O)[C@@H]2O)cc(OC)c1. The van der Waals surface area contributed by atoms with Crippen molar-refractivity contribution in [2.24, 2.45) is 0 Å². The number of aliphatic hydroxyl groups excluding tert-OH is 3. The van der Waals surface area contributed by atoms with E-state index in [1.807, 2.05) is 12.1 Å². The number of ether oxygens (including phenoxy) is 3. The van der Waals surface area contributed by atoms with Crippen LogP contribution in [0.3, 0.4) is 0 Å². The zero-order chi connectivity index (χ0) is 21.3. The fraction of sp³-hybridized carbons (Fsp3) is 0.421. The number of fused-ring (bicyclic) bond motifs is 1. The van der Waals surface area contributed by atoms with Gasteiger partial charge in [-0.05, 0) is 17.7 Å². The lowest BCUT2D eigenvalue weighted by Gasteiger charge is -2.16. The highest BCUT2D eigenvalue weighted by Gasteiger charge is 2.44. The van der Waals surface area contributed by atoms with Crippen LogP contribution in [-0.4, -0.2) is 74.0 Å². The summed E-state index contributed by atoms with van der Waals surface area (Å²) in [4.78, 5) is 12.8. The van der Waals surface area contributed by atoms with Crippen LogP contribution < -0.4 is 14.8 Å². The maximum absolute atomic E-state index is 10.3. The van der Waals surface area contributed by atoms with Gasteiger partial charge in [0.15, 0.2) is 23.2 Å². The summed E-state index contributed by atoms with van der Waals surface area (Å²) in [7, 11) is 3.18. The Bertz CT molecular complexity index is 1010. The van der Waals surface area contributed by atoms with Crippen LogP contribution in [0.25, 0.3) is 11.2 Å². The van der Waals surface area contributed by atoms with Crippen molar-refractivity contribution in [3.63, 3.8) is 0 Å². The number of nitrogens with zero attached hydrogens (tertiary/aromatic N) is 4. The van der Waals surface area contributed by atoms with Gasteiger partial charge < -0.3 is 34.8 Å². The summed E-state index contributed by atoms with van der Waals surface area (Å²) in [6, 6.07) is 5.55. The molecule has 160 valence electrons. The maximum atomic E-state index is 10.3. The highest BCUT2D eigenvalue weighted by molar-refractivity contribution is 5.82. The second kappa shape index (κ2) is 8.40. The average molecular weight is 417 g/mol. The molecule has 0 radical (unpaired) electrons. The molecule has 30 heavy (non-hydrogen) atoms. The molecular formula is C19H23N5O6. The van der Waals surface area contributed by atoms with E-state index < -0.39 is 31.1 Å². The summed E-state index contributed by atoms with van der Waals surface area (Å²) in [5.41, 5.74) is 1.82. The lowest BCUT2D eigenvalue weighted by molar-refractivity contribution is -0.0511. The normalized spacial score (nSPS) is 23.6. The van der Waals surface area contributed by atoms with Gasteiger partial charge in [0.05, 0.1) is 27.2 Å². The van der Waals surface area contributed by atoms with Gasteiger partial charge >= 0.3 is 0 Å². The largest absolute Gasteiger partial charge is 0.497 e. The van der Waals surface area contributed by atoms with Crippen molar-refractivity contribution in [3.8, 4) is 11.5 Å². The van der Waals surface area contributed by atoms with E-state index in [2.05, 4.69) is 20.3 Å². The molecule has 4 N–H and O–H groups in total. The van der Waals surface area contributed by atoms with Gasteiger partial charge in [-0.15, -0.1) is 0 Å². The minimum absolute atomic E-state index is 0.410. The van der Waals surface area contributed by atoms with E-state index in [1.54, 1.807) is 20.3 Å². The summed E-state index contributed by atoms with van der Waals surface area (Å²) in [6.45, 7) is 0.0214. The molecule has 0 unspecified atom stereocenters. The molecule has 0 aliphatic carbocycles. The van der Waals surface area contributed by atoms with Gasteiger partial charge in [-0.25, -0.2) is 15.0 Å². The minimum Gasteiger partial charge on any atom is -0.497 e. The van der Waals surface area contributed by atoms with Gasteiger partial charge in [-0.1, -0.05) is 0 Å². The second-order valence-electron chi connectivity index (χ2n) is 6.85. The molecule has 1 fully saturated rings. The number of nitrogens with one attached hydrogen (secondary N) is 1. The monoisotopic (exact) mass is 417 g/mol. The van der Waals surface area contributed by atoms with Crippen molar-refractivity contribution in [1.82, 2.24) is 19.5 Å². The van der Waals surface area contributed by atoms with E-state index in [1.165, 1.54) is 17.2 Å². The molecule has 3 heterocycles. The van der Waals surface area contributed by atoms with Crippen molar-refractivity contribution >= 4 is 17.0 Å². The lowest BCUT2D eigenvalue weighted by Crippen LogP contribution is -2.33. The summed E-state index contributed by atoms with van der Waals surface area (Å²) in [5.74, 6) is 1.84. The van der Waals surface area contributed by atoms with Crippen molar-refractivity contribution < 1.29 is 29.5 Å². The van der Waals surface area contributed by atoms with E-state index in [0.29, 0.717) is 35.0 Å². The van der Waals surface area contributed by atoms with Crippen LogP contribution in [0, 0.1) is 0 Å². The smallest absolute Gasteiger partial charge is 0.167 e. The molecule has 0 amide bonds. The average Bonchev–Trinajstić information content (AvgIpc) is 3.33. The molecule has 1 saturated heterocycles. The van der Waals surface area contributed by atoms with Crippen LogP contribution in [0.5, 0.6) is 11.5 Å². The molecule has 1 aliphatic heterocycles. The second-order valence-corrected chi connectivity index (χ2v) is 6.85. The first-order valence-corrected chi connectivity index (χ1v) is 9.31. The van der Waals surface area contributed by atoms with E-state index in [0.717, 1.165) is 5.56 Å².